The van der Waals surface area contributed by atoms with Crippen molar-refractivity contribution in [3.63, 3.8) is 0 Å². The fourth-order valence-corrected chi connectivity index (χ4v) is 4.98. The van der Waals surface area contributed by atoms with Gasteiger partial charge in [0.1, 0.15) is 11.2 Å². The Morgan fingerprint density at radius 1 is 0.459 bits per heavy atom. The van der Waals surface area contributed by atoms with Crippen molar-refractivity contribution < 1.29 is 26.3 Å². The highest BCUT2D eigenvalue weighted by Gasteiger charge is 2.18. The fourth-order valence-electron chi connectivity index (χ4n) is 4.98. The molecule has 0 aliphatic heterocycles. The van der Waals surface area contributed by atoms with Crippen molar-refractivity contribution in [2.75, 3.05) is 0 Å². The lowest BCUT2D eigenvalue weighted by Crippen LogP contribution is -1.91. The van der Waals surface area contributed by atoms with Crippen LogP contribution >= 0.6 is 0 Å². The first-order valence-electron chi connectivity index (χ1n) is 19.4. The van der Waals surface area contributed by atoms with Gasteiger partial charge in [0, 0.05) is 10.8 Å². The Labute approximate surface area is 236 Å². The number of rotatable bonds is 2. The monoisotopic (exact) mass is 486 g/mol. The molecule has 0 amide bonds. The molecular weight excluding hydrogens is 448 g/mol. The highest BCUT2D eigenvalue weighted by Crippen LogP contribution is 2.45. The van der Waals surface area contributed by atoms with Gasteiger partial charge in [0.2, 0.25) is 0 Å². The van der Waals surface area contributed by atoms with Gasteiger partial charge in [0.15, 0.2) is 0 Å². The number of hydrogen-bond donors (Lipinski definition) is 0. The minimum Gasteiger partial charge on any atom is -0.456 e. The predicted molar refractivity (Wildman–Crippen MR) is 157 cm³/mol. The second-order valence-corrected chi connectivity index (χ2v) is 8.48. The average Bonchev–Trinajstić information content (AvgIpc) is 3.53. The zero-order valence-corrected chi connectivity index (χ0v) is 18.9. The highest BCUT2D eigenvalue weighted by atomic mass is 16.3. The molecule has 0 fully saturated rings. The van der Waals surface area contributed by atoms with Crippen molar-refractivity contribution in [1.82, 2.24) is 0 Å². The smallest absolute Gasteiger partial charge is 0.135 e. The van der Waals surface area contributed by atoms with Crippen molar-refractivity contribution in [3.05, 3.63) is 133 Å². The summed E-state index contributed by atoms with van der Waals surface area (Å²) in [5, 5.41) is -0.875. The van der Waals surface area contributed by atoms with Gasteiger partial charge in [-0.25, -0.2) is 0 Å². The van der Waals surface area contributed by atoms with Crippen molar-refractivity contribution in [2.24, 2.45) is 0 Å². The number of hydrogen-bond acceptors (Lipinski definition) is 1. The van der Waals surface area contributed by atoms with E-state index in [9.17, 15) is 5.48 Å². The molecule has 0 unspecified atom stereocenters. The maximum Gasteiger partial charge on any atom is 0.135 e. The third-order valence-corrected chi connectivity index (χ3v) is 6.53. The zero-order chi connectivity index (χ0) is 38.3. The van der Waals surface area contributed by atoms with E-state index in [0.29, 0.717) is 16.4 Å². The summed E-state index contributed by atoms with van der Waals surface area (Å²) in [5.41, 5.74) is 0.0842. The molecule has 0 bridgehead atoms. The Bertz CT molecular complexity index is 2930. The van der Waals surface area contributed by atoms with E-state index in [2.05, 4.69) is 0 Å². The molecule has 1 heteroatoms. The number of fused-ring (bicyclic) bond motifs is 6. The van der Waals surface area contributed by atoms with Crippen LogP contribution in [0.25, 0.3) is 76.5 Å². The molecule has 37 heavy (non-hydrogen) atoms. The van der Waals surface area contributed by atoms with Crippen LogP contribution in [-0.2, 0) is 0 Å². The summed E-state index contributed by atoms with van der Waals surface area (Å²) in [6.07, 6.45) is 0. The largest absolute Gasteiger partial charge is 0.456 e. The Morgan fingerprint density at radius 3 is 1.86 bits per heavy atom. The molecule has 172 valence electrons. The van der Waals surface area contributed by atoms with Crippen LogP contribution in [-0.4, -0.2) is 0 Å². The Kier molecular flexibility index (Phi) is 2.16. The standard InChI is InChI=1S/C36H22O/c1-2-12-25-23(10-1)11-9-18-27(25)36-30-16-5-3-14-28(30)35(29-15-4-6-17-31(29)36)24-20-21-34-32(22-24)26-13-7-8-19-33(26)37-34/h1-22H/i1D,2D,3D,4D,5D,6D,9D,10D,11D,12D,14D,15D,16D,17D,18D,19D. The number of benzene rings is 7. The van der Waals surface area contributed by atoms with E-state index in [1.807, 2.05) is 0 Å². The van der Waals surface area contributed by atoms with E-state index in [-0.39, 0.29) is 49.9 Å². The molecule has 1 nitrogen and oxygen atoms in total. The van der Waals surface area contributed by atoms with Crippen LogP contribution in [0.15, 0.2) is 137 Å². The van der Waals surface area contributed by atoms with Crippen LogP contribution in [0.3, 0.4) is 0 Å². The normalized spacial score (nSPS) is 17.8. The van der Waals surface area contributed by atoms with E-state index in [1.54, 1.807) is 36.4 Å². The van der Waals surface area contributed by atoms with Gasteiger partial charge in [-0.15, -0.1) is 0 Å². The summed E-state index contributed by atoms with van der Waals surface area (Å²) in [6, 6.07) is -0.568. The maximum absolute atomic E-state index is 9.24. The third-order valence-electron chi connectivity index (χ3n) is 6.53. The van der Waals surface area contributed by atoms with Crippen LogP contribution in [0.1, 0.15) is 21.9 Å². The summed E-state index contributed by atoms with van der Waals surface area (Å²) in [4.78, 5) is 0. The number of para-hydroxylation sites is 1. The summed E-state index contributed by atoms with van der Waals surface area (Å²) in [7, 11) is 0. The van der Waals surface area contributed by atoms with Gasteiger partial charge in [0.25, 0.3) is 0 Å². The summed E-state index contributed by atoms with van der Waals surface area (Å²) < 4.78 is 147. The molecule has 7 aromatic carbocycles. The summed E-state index contributed by atoms with van der Waals surface area (Å²) >= 11 is 0. The van der Waals surface area contributed by atoms with E-state index < -0.39 is 107 Å². The topological polar surface area (TPSA) is 13.1 Å². The summed E-state index contributed by atoms with van der Waals surface area (Å²) in [5.74, 6) is 0. The molecule has 0 atom stereocenters. The second kappa shape index (κ2) is 7.81. The first-order valence-corrected chi connectivity index (χ1v) is 11.4. The molecule has 0 spiro atoms. The molecule has 0 N–H and O–H groups in total. The van der Waals surface area contributed by atoms with Gasteiger partial charge < -0.3 is 4.42 Å². The Hall–Kier alpha value is -4.88. The van der Waals surface area contributed by atoms with Gasteiger partial charge in [-0.3, -0.25) is 0 Å². The fraction of sp³-hybridized carbons (Fsp3) is 0. The van der Waals surface area contributed by atoms with E-state index >= 15 is 0 Å². The molecule has 0 radical (unpaired) electrons. The summed E-state index contributed by atoms with van der Waals surface area (Å²) in [6.45, 7) is 0. The van der Waals surface area contributed by atoms with Crippen LogP contribution in [0, 0.1) is 0 Å². The Balaban J connectivity index is 1.74. The second-order valence-electron chi connectivity index (χ2n) is 8.48. The minimum atomic E-state index is -0.768. The minimum absolute atomic E-state index is 0.0167. The van der Waals surface area contributed by atoms with Gasteiger partial charge in [0.05, 0.1) is 21.9 Å². The van der Waals surface area contributed by atoms with Crippen LogP contribution in [0.5, 0.6) is 0 Å². The van der Waals surface area contributed by atoms with Gasteiger partial charge in [-0.05, 0) is 72.7 Å². The van der Waals surface area contributed by atoms with Crippen LogP contribution < -0.4 is 0 Å². The van der Waals surface area contributed by atoms with E-state index in [0.717, 1.165) is 0 Å². The van der Waals surface area contributed by atoms with Gasteiger partial charge >= 0.3 is 0 Å². The average molecular weight is 487 g/mol. The first kappa shape index (κ1) is 10.2. The quantitative estimate of drug-likeness (QED) is 0.221. The van der Waals surface area contributed by atoms with Crippen molar-refractivity contribution >= 4 is 54.3 Å². The predicted octanol–water partition coefficient (Wildman–Crippen LogP) is 10.4. The number of furan rings is 1. The van der Waals surface area contributed by atoms with Gasteiger partial charge in [-0.1, -0.05) is 115 Å². The lowest BCUT2D eigenvalue weighted by molar-refractivity contribution is 0.669. The van der Waals surface area contributed by atoms with Gasteiger partial charge in [-0.2, -0.15) is 0 Å². The lowest BCUT2D eigenvalue weighted by atomic mass is 9.84. The highest BCUT2D eigenvalue weighted by molar-refractivity contribution is 6.24. The van der Waals surface area contributed by atoms with Crippen molar-refractivity contribution in [2.45, 2.75) is 0 Å². The molecule has 0 saturated heterocycles. The molecule has 0 aliphatic rings. The molecule has 8 aromatic rings. The van der Waals surface area contributed by atoms with Crippen molar-refractivity contribution in [1.29, 1.82) is 0 Å². The van der Waals surface area contributed by atoms with Crippen LogP contribution in [0.4, 0.5) is 0 Å². The van der Waals surface area contributed by atoms with Crippen molar-refractivity contribution in [3.8, 4) is 22.3 Å². The maximum atomic E-state index is 9.24. The molecule has 8 rings (SSSR count). The lowest BCUT2D eigenvalue weighted by Gasteiger charge is -2.18. The van der Waals surface area contributed by atoms with E-state index in [4.69, 9.17) is 20.9 Å². The van der Waals surface area contributed by atoms with Crippen LogP contribution in [0.2, 0.25) is 0 Å². The third kappa shape index (κ3) is 2.98. The Morgan fingerprint density at radius 2 is 1.11 bits per heavy atom. The zero-order valence-electron chi connectivity index (χ0n) is 34.9. The molecule has 1 heterocycles. The van der Waals surface area contributed by atoms with E-state index in [1.165, 1.54) is 0 Å². The molecule has 0 saturated carbocycles. The molecular formula is C36H22O. The molecule has 1 aromatic heterocycles. The first-order chi connectivity index (χ1) is 25.0. The SMILES string of the molecule is [2H]c1c([2H])c([2H])c2c(-c3c4c([2H])c([2H])c([2H])c([2H])c4c(-c4ccc5oc6c([2H])cccc6c5c4)c4c([2H])c([2H])c([2H])c([2H])c34)c([2H])c([2H])c([2H])c2c1[2H]. The molecule has 0 aliphatic carbocycles.